The average molecular weight is 261 g/mol. The summed E-state index contributed by atoms with van der Waals surface area (Å²) >= 11 is 0. The highest BCUT2D eigenvalue weighted by Gasteiger charge is 2.27. The highest BCUT2D eigenvalue weighted by Crippen LogP contribution is 2.27. The van der Waals surface area contributed by atoms with Crippen LogP contribution in [0.4, 0.5) is 5.69 Å². The van der Waals surface area contributed by atoms with E-state index in [0.29, 0.717) is 12.5 Å². The number of anilines is 1. The maximum atomic E-state index is 12.1. The van der Waals surface area contributed by atoms with Crippen molar-refractivity contribution in [3.05, 3.63) is 29.8 Å². The number of Topliss-reactive ketones (excluding diaryl/α,β-unsaturated/α-hetero) is 1. The van der Waals surface area contributed by atoms with Crippen LogP contribution in [-0.2, 0) is 4.74 Å². The van der Waals surface area contributed by atoms with Crippen LogP contribution in [0, 0.1) is 0 Å². The second-order valence-corrected chi connectivity index (χ2v) is 5.15. The molecule has 1 aliphatic heterocycles. The lowest BCUT2D eigenvalue weighted by Gasteiger charge is -2.40. The van der Waals surface area contributed by atoms with Gasteiger partial charge in [0, 0.05) is 24.2 Å². The summed E-state index contributed by atoms with van der Waals surface area (Å²) in [5, 5.41) is 0. The van der Waals surface area contributed by atoms with Crippen molar-refractivity contribution in [3.63, 3.8) is 0 Å². The molecule has 0 N–H and O–H groups in total. The van der Waals surface area contributed by atoms with Crippen LogP contribution >= 0.6 is 0 Å². The van der Waals surface area contributed by atoms with Crippen LogP contribution < -0.4 is 4.90 Å². The molecule has 19 heavy (non-hydrogen) atoms. The Labute approximate surface area is 115 Å². The fourth-order valence-electron chi connectivity index (χ4n) is 2.63. The van der Waals surface area contributed by atoms with Crippen molar-refractivity contribution >= 4 is 11.5 Å². The molecule has 0 aromatic heterocycles. The number of nitrogens with zero attached hydrogens (tertiary/aromatic N) is 1. The van der Waals surface area contributed by atoms with E-state index in [2.05, 4.69) is 24.8 Å². The lowest BCUT2D eigenvalue weighted by molar-refractivity contribution is 0.0298. The number of rotatable bonds is 4. The van der Waals surface area contributed by atoms with Crippen molar-refractivity contribution < 1.29 is 9.53 Å². The number of carbonyl (C=O) groups excluding carboxylic acids is 1. The Morgan fingerprint density at radius 2 is 2.11 bits per heavy atom. The fourth-order valence-corrected chi connectivity index (χ4v) is 2.63. The monoisotopic (exact) mass is 261 g/mol. The Morgan fingerprint density at radius 3 is 2.79 bits per heavy atom. The summed E-state index contributed by atoms with van der Waals surface area (Å²) in [7, 11) is 0. The lowest BCUT2D eigenvalue weighted by Crippen LogP contribution is -2.49. The van der Waals surface area contributed by atoms with Gasteiger partial charge in [0.25, 0.3) is 0 Å². The third-order valence-electron chi connectivity index (χ3n) is 3.77. The van der Waals surface area contributed by atoms with Crippen LogP contribution in [0.25, 0.3) is 0 Å². The zero-order valence-electron chi connectivity index (χ0n) is 12.1. The fraction of sp³-hybridized carbons (Fsp3) is 0.562. The van der Waals surface area contributed by atoms with Crippen molar-refractivity contribution in [1.82, 2.24) is 0 Å². The minimum absolute atomic E-state index is 0.213. The second-order valence-electron chi connectivity index (χ2n) is 5.15. The van der Waals surface area contributed by atoms with E-state index >= 15 is 0 Å². The Balaban J connectivity index is 2.35. The summed E-state index contributed by atoms with van der Waals surface area (Å²) in [6.45, 7) is 7.77. The van der Waals surface area contributed by atoms with Crippen molar-refractivity contribution in [1.29, 1.82) is 0 Å². The highest BCUT2D eigenvalue weighted by atomic mass is 16.5. The summed E-state index contributed by atoms with van der Waals surface area (Å²) < 4.78 is 5.73. The topological polar surface area (TPSA) is 29.5 Å². The van der Waals surface area contributed by atoms with E-state index in [1.54, 1.807) is 0 Å². The predicted octanol–water partition coefficient (Wildman–Crippen LogP) is 3.28. The number of carbonyl (C=O) groups is 1. The first-order valence-electron chi connectivity index (χ1n) is 7.17. The van der Waals surface area contributed by atoms with E-state index in [4.69, 9.17) is 4.74 Å². The number of benzene rings is 1. The van der Waals surface area contributed by atoms with Crippen molar-refractivity contribution in [3.8, 4) is 0 Å². The van der Waals surface area contributed by atoms with E-state index in [1.807, 2.05) is 25.1 Å². The van der Waals surface area contributed by atoms with Gasteiger partial charge in [-0.2, -0.15) is 0 Å². The smallest absolute Gasteiger partial charge is 0.164 e. The van der Waals surface area contributed by atoms with Gasteiger partial charge in [0.15, 0.2) is 5.78 Å². The van der Waals surface area contributed by atoms with Crippen LogP contribution in [0.15, 0.2) is 24.3 Å². The van der Waals surface area contributed by atoms with E-state index in [9.17, 15) is 4.79 Å². The molecule has 2 unspecified atom stereocenters. The minimum atomic E-state index is 0.213. The van der Waals surface area contributed by atoms with Gasteiger partial charge in [0.05, 0.1) is 18.8 Å². The molecule has 0 spiro atoms. The normalized spacial score (nSPS) is 23.4. The molecule has 3 nitrogen and oxygen atoms in total. The van der Waals surface area contributed by atoms with Crippen LogP contribution in [-0.4, -0.2) is 31.1 Å². The summed E-state index contributed by atoms with van der Waals surface area (Å²) in [6.07, 6.45) is 1.79. The van der Waals surface area contributed by atoms with E-state index in [0.717, 1.165) is 30.8 Å². The summed E-state index contributed by atoms with van der Waals surface area (Å²) in [4.78, 5) is 14.4. The number of ketones is 1. The summed E-state index contributed by atoms with van der Waals surface area (Å²) in [5.41, 5.74) is 1.91. The first-order chi connectivity index (χ1) is 9.17. The van der Waals surface area contributed by atoms with Crippen LogP contribution in [0.5, 0.6) is 0 Å². The standard InChI is InChI=1S/C16H23NO2/c1-4-13-11-19-12(3)10-17(13)15-9-7-6-8-14(15)16(18)5-2/h6-9,12-13H,4-5,10-11H2,1-3H3. The number of para-hydroxylation sites is 1. The van der Waals surface area contributed by atoms with E-state index in [-0.39, 0.29) is 11.9 Å². The second kappa shape index (κ2) is 6.20. The molecule has 1 fully saturated rings. The largest absolute Gasteiger partial charge is 0.375 e. The van der Waals surface area contributed by atoms with Crippen LogP contribution in [0.3, 0.4) is 0 Å². The van der Waals surface area contributed by atoms with Gasteiger partial charge in [-0.05, 0) is 25.5 Å². The highest BCUT2D eigenvalue weighted by molar-refractivity contribution is 6.01. The van der Waals surface area contributed by atoms with Gasteiger partial charge in [-0.1, -0.05) is 26.0 Å². The SMILES string of the molecule is CCC(=O)c1ccccc1N1CC(C)OCC1CC. The Morgan fingerprint density at radius 1 is 1.37 bits per heavy atom. The zero-order valence-corrected chi connectivity index (χ0v) is 12.1. The molecule has 1 aromatic rings. The van der Waals surface area contributed by atoms with Gasteiger partial charge < -0.3 is 9.64 Å². The molecular weight excluding hydrogens is 238 g/mol. The van der Waals surface area contributed by atoms with Crippen LogP contribution in [0.2, 0.25) is 0 Å². The molecule has 1 saturated heterocycles. The van der Waals surface area contributed by atoms with Gasteiger partial charge >= 0.3 is 0 Å². The van der Waals surface area contributed by atoms with Crippen molar-refractivity contribution in [2.75, 3.05) is 18.1 Å². The molecule has 1 aromatic carbocycles. The molecule has 1 aliphatic rings. The maximum absolute atomic E-state index is 12.1. The average Bonchev–Trinajstić information content (AvgIpc) is 2.46. The molecule has 104 valence electrons. The maximum Gasteiger partial charge on any atom is 0.164 e. The molecule has 2 atom stereocenters. The molecule has 0 aliphatic carbocycles. The molecule has 1 heterocycles. The number of morpholine rings is 1. The third-order valence-corrected chi connectivity index (χ3v) is 3.77. The summed E-state index contributed by atoms with van der Waals surface area (Å²) in [5.74, 6) is 0.213. The van der Waals surface area contributed by atoms with Gasteiger partial charge in [-0.3, -0.25) is 4.79 Å². The van der Waals surface area contributed by atoms with Gasteiger partial charge in [0.2, 0.25) is 0 Å². The van der Waals surface area contributed by atoms with Crippen LogP contribution in [0.1, 0.15) is 44.0 Å². The van der Waals surface area contributed by atoms with Gasteiger partial charge in [-0.15, -0.1) is 0 Å². The first-order valence-corrected chi connectivity index (χ1v) is 7.17. The van der Waals surface area contributed by atoms with Gasteiger partial charge in [-0.25, -0.2) is 0 Å². The Bertz CT molecular complexity index is 444. The van der Waals surface area contributed by atoms with E-state index in [1.165, 1.54) is 0 Å². The molecule has 2 rings (SSSR count). The summed E-state index contributed by atoms with van der Waals surface area (Å²) in [6, 6.07) is 8.31. The quantitative estimate of drug-likeness (QED) is 0.779. The Kier molecular flexibility index (Phi) is 4.59. The zero-order chi connectivity index (χ0) is 13.8. The predicted molar refractivity (Wildman–Crippen MR) is 77.9 cm³/mol. The van der Waals surface area contributed by atoms with Gasteiger partial charge in [0.1, 0.15) is 0 Å². The minimum Gasteiger partial charge on any atom is -0.375 e. The molecular formula is C16H23NO2. The number of hydrogen-bond acceptors (Lipinski definition) is 3. The number of ether oxygens (including phenoxy) is 1. The molecule has 0 saturated carbocycles. The lowest BCUT2D eigenvalue weighted by atomic mass is 10.0. The molecule has 0 amide bonds. The third kappa shape index (κ3) is 2.98. The first kappa shape index (κ1) is 14.1. The Hall–Kier alpha value is -1.35. The molecule has 0 bridgehead atoms. The van der Waals surface area contributed by atoms with Crippen molar-refractivity contribution in [2.24, 2.45) is 0 Å². The number of hydrogen-bond donors (Lipinski definition) is 0. The molecule has 3 heteroatoms. The molecule has 0 radical (unpaired) electrons. The van der Waals surface area contributed by atoms with Crippen molar-refractivity contribution in [2.45, 2.75) is 45.8 Å². The van der Waals surface area contributed by atoms with E-state index < -0.39 is 0 Å².